The van der Waals surface area contributed by atoms with Crippen LogP contribution in [0.25, 0.3) is 0 Å². The molecule has 0 bridgehead atoms. The van der Waals surface area contributed by atoms with Crippen molar-refractivity contribution >= 4 is 5.69 Å². The van der Waals surface area contributed by atoms with Gasteiger partial charge >= 0.3 is 6.18 Å². The fourth-order valence-electron chi connectivity index (χ4n) is 2.43. The minimum Gasteiger partial charge on any atom is -0.388 e. The molecule has 1 aliphatic rings. The van der Waals surface area contributed by atoms with Crippen LogP contribution >= 0.6 is 0 Å². The lowest BCUT2D eigenvalue weighted by atomic mass is 10.0. The average molecular weight is 284 g/mol. The van der Waals surface area contributed by atoms with Gasteiger partial charge < -0.3 is 10.0 Å². The summed E-state index contributed by atoms with van der Waals surface area (Å²) >= 11 is 0. The van der Waals surface area contributed by atoms with Gasteiger partial charge in [-0.1, -0.05) is 6.92 Å². The van der Waals surface area contributed by atoms with Gasteiger partial charge in [-0.25, -0.2) is 0 Å². The van der Waals surface area contributed by atoms with E-state index in [-0.39, 0.29) is 5.56 Å². The second-order valence-electron chi connectivity index (χ2n) is 5.09. The first-order valence-electron chi connectivity index (χ1n) is 6.38. The quantitative estimate of drug-likeness (QED) is 0.908. The van der Waals surface area contributed by atoms with Crippen LogP contribution in [0.2, 0.25) is 0 Å². The molecule has 3 nitrogen and oxygen atoms in total. The average Bonchev–Trinajstić information content (AvgIpc) is 2.80. The van der Waals surface area contributed by atoms with Gasteiger partial charge in [0.15, 0.2) is 0 Å². The molecule has 20 heavy (non-hydrogen) atoms. The zero-order valence-electron chi connectivity index (χ0n) is 11.0. The minimum absolute atomic E-state index is 0.312. The Balaban J connectivity index is 2.34. The molecule has 108 valence electrons. The molecule has 1 fully saturated rings. The van der Waals surface area contributed by atoms with E-state index in [2.05, 4.69) is 0 Å². The van der Waals surface area contributed by atoms with E-state index in [0.29, 0.717) is 31.6 Å². The highest BCUT2D eigenvalue weighted by Gasteiger charge is 2.37. The van der Waals surface area contributed by atoms with Crippen molar-refractivity contribution in [1.82, 2.24) is 0 Å². The zero-order chi connectivity index (χ0) is 15.0. The molecule has 1 aromatic rings. The van der Waals surface area contributed by atoms with Gasteiger partial charge in [0.1, 0.15) is 0 Å². The number of rotatable bonds is 2. The zero-order valence-corrected chi connectivity index (χ0v) is 11.0. The van der Waals surface area contributed by atoms with E-state index < -0.39 is 17.3 Å². The molecule has 0 aliphatic carbocycles. The van der Waals surface area contributed by atoms with Crippen LogP contribution in [0.15, 0.2) is 18.2 Å². The normalized spacial score (nSPS) is 22.9. The number of hydrogen-bond donors (Lipinski definition) is 1. The van der Waals surface area contributed by atoms with Crippen LogP contribution < -0.4 is 4.90 Å². The summed E-state index contributed by atoms with van der Waals surface area (Å²) < 4.78 is 38.7. The summed E-state index contributed by atoms with van der Waals surface area (Å²) in [6.45, 7) is 2.67. The lowest BCUT2D eigenvalue weighted by Crippen LogP contribution is -2.32. The van der Waals surface area contributed by atoms with E-state index in [1.807, 2.05) is 6.92 Å². The molecule has 1 N–H and O–H groups in total. The van der Waals surface area contributed by atoms with Gasteiger partial charge in [-0.05, 0) is 31.0 Å². The van der Waals surface area contributed by atoms with Crippen LogP contribution in [0.4, 0.5) is 18.9 Å². The monoisotopic (exact) mass is 284 g/mol. The van der Waals surface area contributed by atoms with Crippen molar-refractivity contribution in [2.45, 2.75) is 31.5 Å². The molecule has 2 rings (SSSR count). The number of anilines is 1. The summed E-state index contributed by atoms with van der Waals surface area (Å²) in [6, 6.07) is 5.22. The third-order valence-electron chi connectivity index (χ3n) is 3.78. The van der Waals surface area contributed by atoms with E-state index >= 15 is 0 Å². The lowest BCUT2D eigenvalue weighted by Gasteiger charge is -2.23. The number of β-amino-alcohol motifs (C(OH)–C–C–N with tert-alkyl or cyclic N) is 1. The van der Waals surface area contributed by atoms with Gasteiger partial charge in [0, 0.05) is 18.8 Å². The Labute approximate surface area is 115 Å². The molecule has 1 atom stereocenters. The molecule has 1 saturated heterocycles. The van der Waals surface area contributed by atoms with Crippen molar-refractivity contribution in [3.8, 4) is 6.07 Å². The topological polar surface area (TPSA) is 47.3 Å². The van der Waals surface area contributed by atoms with Crippen molar-refractivity contribution in [3.05, 3.63) is 29.3 Å². The Morgan fingerprint density at radius 1 is 1.45 bits per heavy atom. The summed E-state index contributed by atoms with van der Waals surface area (Å²) in [5, 5.41) is 18.9. The van der Waals surface area contributed by atoms with Crippen LogP contribution in [0.5, 0.6) is 0 Å². The molecule has 0 saturated carbocycles. The molecule has 0 unspecified atom stereocenters. The number of aliphatic hydroxyl groups is 1. The molecule has 0 amide bonds. The summed E-state index contributed by atoms with van der Waals surface area (Å²) in [5.74, 6) is 0. The Bertz CT molecular complexity index is 550. The summed E-state index contributed by atoms with van der Waals surface area (Å²) in [7, 11) is 0. The number of benzene rings is 1. The highest BCUT2D eigenvalue weighted by Crippen LogP contribution is 2.36. The van der Waals surface area contributed by atoms with Crippen LogP contribution in [0.1, 0.15) is 30.9 Å². The van der Waals surface area contributed by atoms with E-state index in [9.17, 15) is 18.3 Å². The third-order valence-corrected chi connectivity index (χ3v) is 3.78. The highest BCUT2D eigenvalue weighted by atomic mass is 19.4. The Kier molecular flexibility index (Phi) is 3.65. The smallest absolute Gasteiger partial charge is 0.388 e. The Morgan fingerprint density at radius 3 is 2.65 bits per heavy atom. The van der Waals surface area contributed by atoms with Crippen molar-refractivity contribution < 1.29 is 18.3 Å². The lowest BCUT2D eigenvalue weighted by molar-refractivity contribution is -0.137. The maximum absolute atomic E-state index is 12.9. The molecule has 0 radical (unpaired) electrons. The largest absolute Gasteiger partial charge is 0.417 e. The fraction of sp³-hybridized carbons (Fsp3) is 0.500. The molecular weight excluding hydrogens is 269 g/mol. The number of alkyl halides is 3. The van der Waals surface area contributed by atoms with Crippen LogP contribution in [-0.4, -0.2) is 23.8 Å². The first-order valence-corrected chi connectivity index (χ1v) is 6.38. The molecule has 1 aromatic carbocycles. The standard InChI is InChI=1S/C14H15F3N2O/c1-2-13(20)5-6-19(9-13)11-4-3-10(8-18)12(7-11)14(15,16)17/h3-4,7,20H,2,5-6,9H2,1H3/t13-/m1/s1. The molecule has 1 aliphatic heterocycles. The first-order chi connectivity index (χ1) is 9.29. The van der Waals surface area contributed by atoms with Crippen LogP contribution in [0.3, 0.4) is 0 Å². The molecule has 1 heterocycles. The predicted octanol–water partition coefficient (Wildman–Crippen LogP) is 2.93. The highest BCUT2D eigenvalue weighted by molar-refractivity contribution is 5.55. The van der Waals surface area contributed by atoms with Gasteiger partial charge in [0.2, 0.25) is 0 Å². The summed E-state index contributed by atoms with van der Waals surface area (Å²) in [6.07, 6.45) is -3.46. The molecule has 0 aromatic heterocycles. The van der Waals surface area contributed by atoms with E-state index in [1.54, 1.807) is 11.0 Å². The van der Waals surface area contributed by atoms with Crippen molar-refractivity contribution in [2.75, 3.05) is 18.0 Å². The summed E-state index contributed by atoms with van der Waals surface area (Å²) in [4.78, 5) is 1.72. The Morgan fingerprint density at radius 2 is 2.15 bits per heavy atom. The van der Waals surface area contributed by atoms with Gasteiger partial charge in [0.25, 0.3) is 0 Å². The predicted molar refractivity (Wildman–Crippen MR) is 68.2 cm³/mol. The van der Waals surface area contributed by atoms with E-state index in [0.717, 1.165) is 6.07 Å². The van der Waals surface area contributed by atoms with Gasteiger partial charge in [-0.15, -0.1) is 0 Å². The number of halogens is 3. The van der Waals surface area contributed by atoms with Gasteiger partial charge in [-0.3, -0.25) is 0 Å². The number of nitrogens with zero attached hydrogens (tertiary/aromatic N) is 2. The van der Waals surface area contributed by atoms with Crippen molar-refractivity contribution in [3.63, 3.8) is 0 Å². The van der Waals surface area contributed by atoms with E-state index in [1.165, 1.54) is 12.1 Å². The van der Waals surface area contributed by atoms with Gasteiger partial charge in [-0.2, -0.15) is 18.4 Å². The second kappa shape index (κ2) is 4.98. The van der Waals surface area contributed by atoms with E-state index in [4.69, 9.17) is 5.26 Å². The minimum atomic E-state index is -4.55. The fourth-order valence-corrected chi connectivity index (χ4v) is 2.43. The first kappa shape index (κ1) is 14.7. The molecule has 0 spiro atoms. The third kappa shape index (κ3) is 2.73. The van der Waals surface area contributed by atoms with Crippen LogP contribution in [-0.2, 0) is 6.18 Å². The number of nitriles is 1. The molecule has 6 heteroatoms. The molecular formula is C14H15F3N2O. The second-order valence-corrected chi connectivity index (χ2v) is 5.09. The number of hydrogen-bond acceptors (Lipinski definition) is 3. The summed E-state index contributed by atoms with van der Waals surface area (Å²) in [5.41, 5.74) is -1.76. The Hall–Kier alpha value is -1.74. The maximum atomic E-state index is 12.9. The SMILES string of the molecule is CC[C@@]1(O)CCN(c2ccc(C#N)c(C(F)(F)F)c2)C1. The van der Waals surface area contributed by atoms with Crippen molar-refractivity contribution in [2.24, 2.45) is 0 Å². The maximum Gasteiger partial charge on any atom is 0.417 e. The van der Waals surface area contributed by atoms with Crippen molar-refractivity contribution in [1.29, 1.82) is 5.26 Å². The van der Waals surface area contributed by atoms with Gasteiger partial charge in [0.05, 0.1) is 22.8 Å². The van der Waals surface area contributed by atoms with Crippen LogP contribution in [0, 0.1) is 11.3 Å².